The van der Waals surface area contributed by atoms with Crippen molar-refractivity contribution in [3.63, 3.8) is 0 Å². The molecule has 3 N–H and O–H groups in total. The number of alkyl halides is 2. The van der Waals surface area contributed by atoms with E-state index in [1.54, 1.807) is 12.1 Å². The van der Waals surface area contributed by atoms with Crippen molar-refractivity contribution >= 4 is 5.91 Å². The van der Waals surface area contributed by atoms with Crippen LogP contribution in [0.5, 0.6) is 0 Å². The molecule has 3 rings (SSSR count). The van der Waals surface area contributed by atoms with E-state index < -0.39 is 29.7 Å². The van der Waals surface area contributed by atoms with Crippen LogP contribution in [0, 0.1) is 5.82 Å². The summed E-state index contributed by atoms with van der Waals surface area (Å²) in [5.41, 5.74) is 6.03. The molecule has 24 heavy (non-hydrogen) atoms. The van der Waals surface area contributed by atoms with Gasteiger partial charge in [-0.1, -0.05) is 36.4 Å². The number of carbonyl (C=O) groups excluding carboxylic acids is 1. The average molecular weight is 335 g/mol. The van der Waals surface area contributed by atoms with Crippen molar-refractivity contribution < 1.29 is 23.1 Å². The minimum atomic E-state index is -2.86. The van der Waals surface area contributed by atoms with E-state index in [4.69, 9.17) is 5.73 Å². The zero-order valence-electron chi connectivity index (χ0n) is 12.7. The maximum absolute atomic E-state index is 14.4. The Kier molecular flexibility index (Phi) is 4.09. The second kappa shape index (κ2) is 5.94. The van der Waals surface area contributed by atoms with E-state index in [-0.39, 0.29) is 5.56 Å². The Balaban J connectivity index is 1.88. The number of hydrogen-bond acceptors (Lipinski definition) is 2. The fourth-order valence-electron chi connectivity index (χ4n) is 2.87. The van der Waals surface area contributed by atoms with Gasteiger partial charge in [-0.25, -0.2) is 13.2 Å². The molecule has 1 aliphatic rings. The maximum atomic E-state index is 14.4. The van der Waals surface area contributed by atoms with Gasteiger partial charge in [0, 0.05) is 5.56 Å². The lowest BCUT2D eigenvalue weighted by Crippen LogP contribution is -2.29. The molecule has 0 radical (unpaired) electrons. The molecule has 0 saturated heterocycles. The number of nitrogens with two attached hydrogens (primary N) is 1. The SMILES string of the molecule is NC(=O)C1(c2ccc(-c3ccc(C(O)C(F)F)cc3)cc2F)CC1. The van der Waals surface area contributed by atoms with Gasteiger partial charge in [-0.05, 0) is 35.6 Å². The fraction of sp³-hybridized carbons (Fsp3) is 0.278. The van der Waals surface area contributed by atoms with Gasteiger partial charge in [-0.3, -0.25) is 4.79 Å². The maximum Gasteiger partial charge on any atom is 0.268 e. The Labute approximate surface area is 136 Å². The standard InChI is InChI=1S/C18H16F3NO2/c19-14-9-12(5-6-13(14)18(7-8-18)17(22)24)10-1-3-11(4-2-10)15(23)16(20)21/h1-6,9,15-16,23H,7-8H2,(H2,22,24). The minimum Gasteiger partial charge on any atom is -0.382 e. The molecular formula is C18H16F3NO2. The third kappa shape index (κ3) is 2.78. The number of halogens is 3. The van der Waals surface area contributed by atoms with Crippen LogP contribution < -0.4 is 5.73 Å². The highest BCUT2D eigenvalue weighted by Gasteiger charge is 2.51. The molecule has 0 aliphatic heterocycles. The van der Waals surface area contributed by atoms with E-state index in [0.29, 0.717) is 29.5 Å². The third-order valence-corrected chi connectivity index (χ3v) is 4.53. The molecule has 1 amide bonds. The molecule has 1 unspecified atom stereocenters. The second-order valence-electron chi connectivity index (χ2n) is 6.04. The molecule has 0 heterocycles. The molecule has 1 atom stereocenters. The molecule has 2 aromatic rings. The van der Waals surface area contributed by atoms with E-state index in [0.717, 1.165) is 0 Å². The van der Waals surface area contributed by atoms with Gasteiger partial charge < -0.3 is 10.8 Å². The lowest BCUT2D eigenvalue weighted by Gasteiger charge is -2.14. The highest BCUT2D eigenvalue weighted by atomic mass is 19.3. The number of benzene rings is 2. The number of rotatable bonds is 5. The van der Waals surface area contributed by atoms with Gasteiger partial charge in [0.05, 0.1) is 5.41 Å². The molecule has 0 aromatic heterocycles. The monoisotopic (exact) mass is 335 g/mol. The van der Waals surface area contributed by atoms with Crippen LogP contribution in [-0.4, -0.2) is 17.4 Å². The minimum absolute atomic E-state index is 0.0940. The van der Waals surface area contributed by atoms with E-state index in [1.807, 2.05) is 0 Å². The predicted octanol–water partition coefficient (Wildman–Crippen LogP) is 3.31. The van der Waals surface area contributed by atoms with Gasteiger partial charge in [0.25, 0.3) is 6.43 Å². The largest absolute Gasteiger partial charge is 0.382 e. The highest BCUT2D eigenvalue weighted by Crippen LogP contribution is 2.49. The Morgan fingerprint density at radius 3 is 2.12 bits per heavy atom. The van der Waals surface area contributed by atoms with Crippen molar-refractivity contribution in [3.05, 3.63) is 59.4 Å². The van der Waals surface area contributed by atoms with Gasteiger partial charge >= 0.3 is 0 Å². The Morgan fingerprint density at radius 2 is 1.67 bits per heavy atom. The van der Waals surface area contributed by atoms with Crippen molar-refractivity contribution in [3.8, 4) is 11.1 Å². The number of carbonyl (C=O) groups is 1. The fourth-order valence-corrected chi connectivity index (χ4v) is 2.87. The van der Waals surface area contributed by atoms with Crippen molar-refractivity contribution in [2.45, 2.75) is 30.8 Å². The topological polar surface area (TPSA) is 63.3 Å². The van der Waals surface area contributed by atoms with Crippen molar-refractivity contribution in [2.75, 3.05) is 0 Å². The van der Waals surface area contributed by atoms with E-state index in [2.05, 4.69) is 0 Å². The summed E-state index contributed by atoms with van der Waals surface area (Å²) in [5.74, 6) is -1.04. The molecule has 3 nitrogen and oxygen atoms in total. The summed E-state index contributed by atoms with van der Waals surface area (Å²) in [5, 5.41) is 9.33. The molecule has 2 aromatic carbocycles. The number of aliphatic hydroxyl groups is 1. The molecular weight excluding hydrogens is 319 g/mol. The van der Waals surface area contributed by atoms with Crippen LogP contribution in [0.2, 0.25) is 0 Å². The lowest BCUT2D eigenvalue weighted by atomic mass is 9.92. The zero-order chi connectivity index (χ0) is 17.5. The molecule has 0 bridgehead atoms. The van der Waals surface area contributed by atoms with Crippen molar-refractivity contribution in [1.29, 1.82) is 0 Å². The first-order valence-corrected chi connectivity index (χ1v) is 7.51. The van der Waals surface area contributed by atoms with Gasteiger partial charge in [0.1, 0.15) is 11.9 Å². The summed E-state index contributed by atoms with van der Waals surface area (Å²) in [7, 11) is 0. The van der Waals surface area contributed by atoms with Gasteiger partial charge in [0.2, 0.25) is 5.91 Å². The third-order valence-electron chi connectivity index (χ3n) is 4.53. The van der Waals surface area contributed by atoms with Crippen LogP contribution >= 0.6 is 0 Å². The van der Waals surface area contributed by atoms with Gasteiger partial charge in [-0.2, -0.15) is 0 Å². The van der Waals surface area contributed by atoms with Crippen LogP contribution in [0.25, 0.3) is 11.1 Å². The van der Waals surface area contributed by atoms with Crippen LogP contribution in [0.3, 0.4) is 0 Å². The summed E-state index contributed by atoms with van der Waals surface area (Å²) in [6.45, 7) is 0. The molecule has 6 heteroatoms. The first-order valence-electron chi connectivity index (χ1n) is 7.51. The molecule has 1 saturated carbocycles. The Bertz CT molecular complexity index is 770. The van der Waals surface area contributed by atoms with Gasteiger partial charge in [-0.15, -0.1) is 0 Å². The van der Waals surface area contributed by atoms with Crippen molar-refractivity contribution in [1.82, 2.24) is 0 Å². The first-order chi connectivity index (χ1) is 11.3. The smallest absolute Gasteiger partial charge is 0.268 e. The van der Waals surface area contributed by atoms with Gasteiger partial charge in [0.15, 0.2) is 0 Å². The van der Waals surface area contributed by atoms with Crippen LogP contribution in [-0.2, 0) is 10.2 Å². The lowest BCUT2D eigenvalue weighted by molar-refractivity contribution is -0.120. The summed E-state index contributed by atoms with van der Waals surface area (Å²) >= 11 is 0. The second-order valence-corrected chi connectivity index (χ2v) is 6.04. The molecule has 1 fully saturated rings. The van der Waals surface area contributed by atoms with Crippen LogP contribution in [0.1, 0.15) is 30.1 Å². The van der Waals surface area contributed by atoms with Crippen LogP contribution in [0.4, 0.5) is 13.2 Å². The number of primary amides is 1. The summed E-state index contributed by atoms with van der Waals surface area (Å²) in [6.07, 6.45) is -3.63. The van der Waals surface area contributed by atoms with Crippen molar-refractivity contribution in [2.24, 2.45) is 5.73 Å². The summed E-state index contributed by atoms with van der Waals surface area (Å²) in [6, 6.07) is 10.3. The van der Waals surface area contributed by atoms with Crippen LogP contribution in [0.15, 0.2) is 42.5 Å². The Morgan fingerprint density at radius 1 is 1.08 bits per heavy atom. The normalized spacial score (nSPS) is 16.9. The van der Waals surface area contributed by atoms with E-state index in [1.165, 1.54) is 30.3 Å². The Hall–Kier alpha value is -2.34. The number of hydrogen-bond donors (Lipinski definition) is 2. The highest BCUT2D eigenvalue weighted by molar-refractivity contribution is 5.90. The first kappa shape index (κ1) is 16.5. The summed E-state index contributed by atoms with van der Waals surface area (Å²) in [4.78, 5) is 11.5. The predicted molar refractivity (Wildman–Crippen MR) is 82.9 cm³/mol. The average Bonchev–Trinajstić information content (AvgIpc) is 3.36. The number of aliphatic hydroxyl groups excluding tert-OH is 1. The quantitative estimate of drug-likeness (QED) is 0.880. The number of amides is 1. The van der Waals surface area contributed by atoms with E-state index >= 15 is 0 Å². The summed E-state index contributed by atoms with van der Waals surface area (Å²) < 4.78 is 39.4. The molecule has 126 valence electrons. The molecule has 1 aliphatic carbocycles. The van der Waals surface area contributed by atoms with E-state index in [9.17, 15) is 23.1 Å². The molecule has 0 spiro atoms. The zero-order valence-corrected chi connectivity index (χ0v) is 12.7.